The highest BCUT2D eigenvalue weighted by atomic mass is 127. The van der Waals surface area contributed by atoms with Gasteiger partial charge in [0.15, 0.2) is 0 Å². The lowest BCUT2D eigenvalue weighted by atomic mass is 10.2. The second-order valence-electron chi connectivity index (χ2n) is 4.26. The molecule has 0 bridgehead atoms. The molecule has 0 unspecified atom stereocenters. The number of benzene rings is 2. The van der Waals surface area contributed by atoms with Gasteiger partial charge in [-0.15, -0.1) is 0 Å². The average Bonchev–Trinajstić information content (AvgIpc) is 2.51. The summed E-state index contributed by atoms with van der Waals surface area (Å²) in [4.78, 5) is 12.0. The van der Waals surface area contributed by atoms with Gasteiger partial charge in [0.25, 0.3) is 5.91 Å². The summed E-state index contributed by atoms with van der Waals surface area (Å²) in [5.74, 6) is 0.247. The van der Waals surface area contributed by atoms with Gasteiger partial charge in [-0.1, -0.05) is 0 Å². The van der Waals surface area contributed by atoms with Crippen LogP contribution in [0, 0.1) is 7.14 Å². The fourth-order valence-electron chi connectivity index (χ4n) is 1.65. The molecule has 0 radical (unpaired) electrons. The molecule has 0 aromatic heterocycles. The number of carbonyl (C=O) groups excluding carboxylic acids is 1. The van der Waals surface area contributed by atoms with Crippen LogP contribution in [0.2, 0.25) is 0 Å². The molecule has 22 heavy (non-hydrogen) atoms. The molecule has 0 heterocycles. The van der Waals surface area contributed by atoms with Crippen molar-refractivity contribution in [1.82, 2.24) is 5.43 Å². The summed E-state index contributed by atoms with van der Waals surface area (Å²) in [5.41, 5.74) is 3.42. The molecule has 2 aromatic carbocycles. The number of phenols is 1. The minimum atomic E-state index is -0.460. The summed E-state index contributed by atoms with van der Waals surface area (Å²) in [6.07, 6.45) is 1.52. The first-order valence-electron chi connectivity index (χ1n) is 6.16. The molecular weight excluding hydrogens is 510 g/mol. The van der Waals surface area contributed by atoms with E-state index in [-0.39, 0.29) is 11.3 Å². The summed E-state index contributed by atoms with van der Waals surface area (Å²) in [5, 5.41) is 13.8. The SMILES string of the molecule is COc1ccc(/C=N/NC(=O)c2cc(I)cc(I)c2O)cc1. The number of hydrogen-bond donors (Lipinski definition) is 2. The molecule has 0 fully saturated rings. The van der Waals surface area contributed by atoms with E-state index in [0.29, 0.717) is 3.57 Å². The average molecular weight is 522 g/mol. The van der Waals surface area contributed by atoms with Crippen LogP contribution in [-0.4, -0.2) is 24.3 Å². The Hall–Kier alpha value is -1.36. The number of hydrazone groups is 1. The number of rotatable bonds is 4. The second-order valence-corrected chi connectivity index (χ2v) is 6.66. The van der Waals surface area contributed by atoms with E-state index in [0.717, 1.165) is 14.9 Å². The van der Waals surface area contributed by atoms with Crippen LogP contribution in [-0.2, 0) is 0 Å². The first-order chi connectivity index (χ1) is 10.5. The van der Waals surface area contributed by atoms with Crippen molar-refractivity contribution in [3.05, 3.63) is 54.7 Å². The quantitative estimate of drug-likeness (QED) is 0.368. The summed E-state index contributed by atoms with van der Waals surface area (Å²) in [7, 11) is 1.60. The third-order valence-electron chi connectivity index (χ3n) is 2.77. The normalized spacial score (nSPS) is 10.7. The largest absolute Gasteiger partial charge is 0.506 e. The highest BCUT2D eigenvalue weighted by Crippen LogP contribution is 2.26. The zero-order valence-corrected chi connectivity index (χ0v) is 15.8. The molecule has 0 aliphatic heterocycles. The number of nitrogens with zero attached hydrogens (tertiary/aromatic N) is 1. The molecule has 114 valence electrons. The van der Waals surface area contributed by atoms with Crippen molar-refractivity contribution in [2.24, 2.45) is 5.10 Å². The van der Waals surface area contributed by atoms with Gasteiger partial charge in [-0.05, 0) is 87.1 Å². The Morgan fingerprint density at radius 1 is 1.27 bits per heavy atom. The number of methoxy groups -OCH3 is 1. The van der Waals surface area contributed by atoms with Gasteiger partial charge < -0.3 is 9.84 Å². The molecule has 0 atom stereocenters. The number of hydrogen-bond acceptors (Lipinski definition) is 4. The van der Waals surface area contributed by atoms with E-state index in [4.69, 9.17) is 4.74 Å². The van der Waals surface area contributed by atoms with Crippen LogP contribution < -0.4 is 10.2 Å². The lowest BCUT2D eigenvalue weighted by Crippen LogP contribution is -2.18. The minimum absolute atomic E-state index is 0.0434. The van der Waals surface area contributed by atoms with Crippen molar-refractivity contribution >= 4 is 57.3 Å². The monoisotopic (exact) mass is 522 g/mol. The molecule has 0 spiro atoms. The first-order valence-corrected chi connectivity index (χ1v) is 8.32. The standard InChI is InChI=1S/C15H12I2N2O3/c1-22-11-4-2-9(3-5-11)8-18-19-15(21)12-6-10(16)7-13(17)14(12)20/h2-8,20H,1H3,(H,19,21)/b18-8+. The van der Waals surface area contributed by atoms with Crippen LogP contribution >= 0.6 is 45.2 Å². The van der Waals surface area contributed by atoms with Gasteiger partial charge in [-0.2, -0.15) is 5.10 Å². The number of phenolic OH excluding ortho intramolecular Hbond substituents is 1. The van der Waals surface area contributed by atoms with Gasteiger partial charge in [0.1, 0.15) is 11.5 Å². The molecule has 0 aliphatic carbocycles. The molecule has 5 nitrogen and oxygen atoms in total. The van der Waals surface area contributed by atoms with Crippen LogP contribution in [0.3, 0.4) is 0 Å². The Bertz CT molecular complexity index is 715. The maximum Gasteiger partial charge on any atom is 0.275 e. The maximum absolute atomic E-state index is 12.0. The van der Waals surface area contributed by atoms with Crippen LogP contribution in [0.5, 0.6) is 11.5 Å². The molecule has 0 saturated heterocycles. The lowest BCUT2D eigenvalue weighted by Gasteiger charge is -2.06. The molecular formula is C15H12I2N2O3. The van der Waals surface area contributed by atoms with E-state index >= 15 is 0 Å². The van der Waals surface area contributed by atoms with Gasteiger partial charge in [0, 0.05) is 3.57 Å². The Labute approximate surface area is 155 Å². The second kappa shape index (κ2) is 7.77. The summed E-state index contributed by atoms with van der Waals surface area (Å²) < 4.78 is 6.55. The Morgan fingerprint density at radius 2 is 1.95 bits per heavy atom. The van der Waals surface area contributed by atoms with Crippen LogP contribution in [0.1, 0.15) is 15.9 Å². The Kier molecular flexibility index (Phi) is 6.00. The number of amides is 1. The minimum Gasteiger partial charge on any atom is -0.506 e. The first kappa shape index (κ1) is 17.0. The van der Waals surface area contributed by atoms with Gasteiger partial charge in [-0.25, -0.2) is 5.43 Å². The Morgan fingerprint density at radius 3 is 2.59 bits per heavy atom. The fourth-order valence-corrected chi connectivity index (χ4v) is 3.50. The van der Waals surface area contributed by atoms with E-state index in [9.17, 15) is 9.90 Å². The van der Waals surface area contributed by atoms with Gasteiger partial charge in [-0.3, -0.25) is 4.79 Å². The topological polar surface area (TPSA) is 70.9 Å². The summed E-state index contributed by atoms with van der Waals surface area (Å²) in [6.45, 7) is 0. The molecule has 0 aliphatic rings. The molecule has 1 amide bonds. The molecule has 2 N–H and O–H groups in total. The van der Waals surface area contributed by atoms with E-state index in [2.05, 4.69) is 33.1 Å². The zero-order valence-electron chi connectivity index (χ0n) is 11.5. The third-order valence-corrected chi connectivity index (χ3v) is 4.21. The predicted octanol–water partition coefficient (Wildman–Crippen LogP) is 3.37. The van der Waals surface area contributed by atoms with E-state index in [1.54, 1.807) is 31.4 Å². The highest BCUT2D eigenvalue weighted by Gasteiger charge is 2.14. The zero-order chi connectivity index (χ0) is 16.1. The predicted molar refractivity (Wildman–Crippen MR) is 102 cm³/mol. The molecule has 0 saturated carbocycles. The van der Waals surface area contributed by atoms with Gasteiger partial charge in [0.05, 0.1) is 22.5 Å². The number of aromatic hydroxyl groups is 1. The van der Waals surface area contributed by atoms with Crippen LogP contribution in [0.15, 0.2) is 41.5 Å². The van der Waals surface area contributed by atoms with E-state index in [1.807, 2.05) is 34.7 Å². The highest BCUT2D eigenvalue weighted by molar-refractivity contribution is 14.1. The van der Waals surface area contributed by atoms with Gasteiger partial charge >= 0.3 is 0 Å². The summed E-state index contributed by atoms with van der Waals surface area (Å²) in [6, 6.07) is 10.6. The van der Waals surface area contributed by atoms with Crippen molar-refractivity contribution in [2.45, 2.75) is 0 Å². The van der Waals surface area contributed by atoms with Crippen molar-refractivity contribution in [3.8, 4) is 11.5 Å². The third kappa shape index (κ3) is 4.32. The number of carbonyl (C=O) groups is 1. The molecule has 2 rings (SSSR count). The van der Waals surface area contributed by atoms with Gasteiger partial charge in [0.2, 0.25) is 0 Å². The molecule has 7 heteroatoms. The van der Waals surface area contributed by atoms with Crippen molar-refractivity contribution in [1.29, 1.82) is 0 Å². The number of ether oxygens (including phenoxy) is 1. The van der Waals surface area contributed by atoms with Crippen molar-refractivity contribution < 1.29 is 14.6 Å². The summed E-state index contributed by atoms with van der Waals surface area (Å²) >= 11 is 4.07. The van der Waals surface area contributed by atoms with Crippen molar-refractivity contribution in [3.63, 3.8) is 0 Å². The number of halogens is 2. The lowest BCUT2D eigenvalue weighted by molar-refractivity contribution is 0.0952. The molecule has 2 aromatic rings. The smallest absolute Gasteiger partial charge is 0.275 e. The van der Waals surface area contributed by atoms with Crippen LogP contribution in [0.4, 0.5) is 0 Å². The number of nitrogens with one attached hydrogen (secondary N) is 1. The maximum atomic E-state index is 12.0. The van der Waals surface area contributed by atoms with E-state index < -0.39 is 5.91 Å². The Balaban J connectivity index is 2.07. The van der Waals surface area contributed by atoms with Crippen molar-refractivity contribution in [2.75, 3.05) is 7.11 Å². The fraction of sp³-hybridized carbons (Fsp3) is 0.0667. The van der Waals surface area contributed by atoms with Crippen LogP contribution in [0.25, 0.3) is 0 Å². The van der Waals surface area contributed by atoms with E-state index in [1.165, 1.54) is 6.21 Å².